The lowest BCUT2D eigenvalue weighted by molar-refractivity contribution is -0.128. The molecule has 0 aliphatic carbocycles. The zero-order valence-electron chi connectivity index (χ0n) is 12.3. The number of sulfonamides is 1. The van der Waals surface area contributed by atoms with Gasteiger partial charge >= 0.3 is 5.97 Å². The van der Waals surface area contributed by atoms with Gasteiger partial charge in [-0.1, -0.05) is 0 Å². The summed E-state index contributed by atoms with van der Waals surface area (Å²) in [6.45, 7) is 3.09. The lowest BCUT2D eigenvalue weighted by Crippen LogP contribution is -2.43. The van der Waals surface area contributed by atoms with Crippen molar-refractivity contribution in [2.45, 2.75) is 18.7 Å². The molecule has 0 bridgehead atoms. The zero-order valence-corrected chi connectivity index (χ0v) is 13.1. The molecule has 3 N–H and O–H groups in total. The molecule has 1 amide bonds. The molecule has 118 valence electrons. The number of nitrogens with one attached hydrogen (secondary N) is 2. The first-order valence-electron chi connectivity index (χ1n) is 6.13. The maximum absolute atomic E-state index is 12.1. The third kappa shape index (κ3) is 3.82. The summed E-state index contributed by atoms with van der Waals surface area (Å²) >= 11 is 0. The third-order valence-corrected chi connectivity index (χ3v) is 4.42. The van der Waals surface area contributed by atoms with Gasteiger partial charge in [-0.3, -0.25) is 4.79 Å². The Hall–Kier alpha value is -1.87. The summed E-state index contributed by atoms with van der Waals surface area (Å²) in [5, 5.41) is 11.4. The molecule has 0 saturated carbocycles. The number of hydrogen-bond acceptors (Lipinski definition) is 4. The molecule has 0 fully saturated rings. The fraction of sp³-hybridized carbons (Fsp3) is 0.500. The summed E-state index contributed by atoms with van der Waals surface area (Å²) in [7, 11) is -0.976. The maximum atomic E-state index is 12.1. The monoisotopic (exact) mass is 317 g/mol. The van der Waals surface area contributed by atoms with Gasteiger partial charge in [-0.05, 0) is 19.9 Å². The second kappa shape index (κ2) is 5.86. The fourth-order valence-corrected chi connectivity index (χ4v) is 2.95. The number of nitrogens with zero attached hydrogens (tertiary/aromatic N) is 1. The minimum atomic E-state index is -3.88. The quantitative estimate of drug-likeness (QED) is 0.670. The van der Waals surface area contributed by atoms with Crippen molar-refractivity contribution in [2.75, 3.05) is 13.6 Å². The van der Waals surface area contributed by atoms with Crippen molar-refractivity contribution in [1.82, 2.24) is 14.6 Å². The van der Waals surface area contributed by atoms with Gasteiger partial charge in [0.15, 0.2) is 0 Å². The van der Waals surface area contributed by atoms with Crippen molar-refractivity contribution in [3.63, 3.8) is 0 Å². The van der Waals surface area contributed by atoms with Crippen molar-refractivity contribution in [3.8, 4) is 0 Å². The van der Waals surface area contributed by atoms with Crippen LogP contribution in [0.15, 0.2) is 17.2 Å². The number of rotatable bonds is 6. The van der Waals surface area contributed by atoms with Crippen molar-refractivity contribution < 1.29 is 23.1 Å². The van der Waals surface area contributed by atoms with E-state index in [1.54, 1.807) is 13.8 Å². The van der Waals surface area contributed by atoms with E-state index in [0.29, 0.717) is 0 Å². The van der Waals surface area contributed by atoms with E-state index in [4.69, 9.17) is 5.11 Å². The van der Waals surface area contributed by atoms with Gasteiger partial charge < -0.3 is 15.0 Å². The van der Waals surface area contributed by atoms with Crippen molar-refractivity contribution in [3.05, 3.63) is 18.0 Å². The Kier molecular flexibility index (Phi) is 4.79. The van der Waals surface area contributed by atoms with Crippen LogP contribution < -0.4 is 10.0 Å². The standard InChI is InChI=1S/C12H19N3O5S/c1-12(2,11(18)13-3)7-14-21(19,20)8-5-9(10(16)17)15(4)6-8/h5-6,14H,7H2,1-4H3,(H,13,18)(H,16,17). The third-order valence-electron chi connectivity index (χ3n) is 3.06. The van der Waals surface area contributed by atoms with Crippen LogP contribution in [0.3, 0.4) is 0 Å². The van der Waals surface area contributed by atoms with Gasteiger partial charge in [0.1, 0.15) is 10.6 Å². The minimum Gasteiger partial charge on any atom is -0.477 e. The number of aromatic nitrogens is 1. The molecule has 0 aromatic carbocycles. The Morgan fingerprint density at radius 3 is 2.38 bits per heavy atom. The van der Waals surface area contributed by atoms with E-state index in [1.165, 1.54) is 24.9 Å². The Morgan fingerprint density at radius 2 is 1.95 bits per heavy atom. The summed E-state index contributed by atoms with van der Waals surface area (Å²) in [5.41, 5.74) is -1.06. The van der Waals surface area contributed by atoms with Crippen LogP contribution >= 0.6 is 0 Å². The Morgan fingerprint density at radius 1 is 1.38 bits per heavy atom. The summed E-state index contributed by atoms with van der Waals surface area (Å²) in [6, 6.07) is 1.07. The highest BCUT2D eigenvalue weighted by molar-refractivity contribution is 7.89. The van der Waals surface area contributed by atoms with Crippen LogP contribution in [0.1, 0.15) is 24.3 Å². The average Bonchev–Trinajstić information content (AvgIpc) is 2.78. The molecule has 1 aromatic rings. The molecule has 9 heteroatoms. The Balaban J connectivity index is 2.95. The molecule has 0 saturated heterocycles. The van der Waals surface area contributed by atoms with Crippen molar-refractivity contribution >= 4 is 21.9 Å². The zero-order chi connectivity index (χ0) is 16.4. The molecule has 1 heterocycles. The predicted octanol–water partition coefficient (Wildman–Crippen LogP) is -0.226. The maximum Gasteiger partial charge on any atom is 0.352 e. The van der Waals surface area contributed by atoms with E-state index in [0.717, 1.165) is 6.07 Å². The van der Waals surface area contributed by atoms with Gasteiger partial charge in [0.2, 0.25) is 15.9 Å². The van der Waals surface area contributed by atoms with Crippen LogP contribution in [0.25, 0.3) is 0 Å². The molecule has 0 aliphatic heterocycles. The minimum absolute atomic E-state index is 0.105. The first kappa shape index (κ1) is 17.2. The first-order chi connectivity index (χ1) is 9.51. The van der Waals surface area contributed by atoms with E-state index >= 15 is 0 Å². The van der Waals surface area contributed by atoms with Crippen LogP contribution in [0, 0.1) is 5.41 Å². The molecule has 21 heavy (non-hydrogen) atoms. The summed E-state index contributed by atoms with van der Waals surface area (Å²) in [4.78, 5) is 22.4. The Bertz CT molecular complexity index is 660. The number of carboxylic acids is 1. The molecular weight excluding hydrogens is 298 g/mol. The number of carbonyl (C=O) groups is 2. The largest absolute Gasteiger partial charge is 0.477 e. The molecule has 0 aliphatic rings. The number of aryl methyl sites for hydroxylation is 1. The van der Waals surface area contributed by atoms with Gasteiger partial charge in [0, 0.05) is 26.8 Å². The van der Waals surface area contributed by atoms with Crippen LogP contribution in [0.2, 0.25) is 0 Å². The van der Waals surface area contributed by atoms with Crippen molar-refractivity contribution in [2.24, 2.45) is 12.5 Å². The highest BCUT2D eigenvalue weighted by Gasteiger charge is 2.29. The fourth-order valence-electron chi connectivity index (χ4n) is 1.67. The van der Waals surface area contributed by atoms with Crippen LogP contribution in [-0.4, -0.2) is 43.6 Å². The predicted molar refractivity (Wildman–Crippen MR) is 75.4 cm³/mol. The molecule has 0 atom stereocenters. The van der Waals surface area contributed by atoms with Gasteiger partial charge in [-0.25, -0.2) is 17.9 Å². The van der Waals surface area contributed by atoms with E-state index in [9.17, 15) is 18.0 Å². The van der Waals surface area contributed by atoms with E-state index < -0.39 is 21.4 Å². The lowest BCUT2D eigenvalue weighted by atomic mass is 9.93. The van der Waals surface area contributed by atoms with Crippen LogP contribution in [-0.2, 0) is 21.9 Å². The molecular formula is C12H19N3O5S. The van der Waals surface area contributed by atoms with Gasteiger partial charge in [-0.2, -0.15) is 0 Å². The number of carbonyl (C=O) groups excluding carboxylic acids is 1. The number of carboxylic acid groups (broad SMARTS) is 1. The van der Waals surface area contributed by atoms with Crippen LogP contribution in [0.5, 0.6) is 0 Å². The summed E-state index contributed by atoms with van der Waals surface area (Å²) < 4.78 is 27.8. The molecule has 1 aromatic heterocycles. The second-order valence-corrected chi connectivity index (χ2v) is 7.03. The first-order valence-corrected chi connectivity index (χ1v) is 7.61. The number of hydrogen-bond donors (Lipinski definition) is 3. The Labute approximate surface area is 123 Å². The summed E-state index contributed by atoms with van der Waals surface area (Å²) in [5.74, 6) is -1.52. The summed E-state index contributed by atoms with van der Waals surface area (Å²) in [6.07, 6.45) is 1.21. The van der Waals surface area contributed by atoms with Gasteiger partial charge in [0.05, 0.1) is 5.41 Å². The van der Waals surface area contributed by atoms with E-state index in [2.05, 4.69) is 10.0 Å². The SMILES string of the molecule is CNC(=O)C(C)(C)CNS(=O)(=O)c1cc(C(=O)O)n(C)c1. The average molecular weight is 317 g/mol. The molecule has 0 spiro atoms. The van der Waals surface area contributed by atoms with E-state index in [-0.39, 0.29) is 23.0 Å². The smallest absolute Gasteiger partial charge is 0.352 e. The number of aromatic carboxylic acids is 1. The molecule has 1 rings (SSSR count). The molecule has 8 nitrogen and oxygen atoms in total. The van der Waals surface area contributed by atoms with Crippen molar-refractivity contribution in [1.29, 1.82) is 0 Å². The van der Waals surface area contributed by atoms with E-state index in [1.807, 2.05) is 0 Å². The highest BCUT2D eigenvalue weighted by Crippen LogP contribution is 2.17. The topological polar surface area (TPSA) is 118 Å². The second-order valence-electron chi connectivity index (χ2n) is 5.26. The lowest BCUT2D eigenvalue weighted by Gasteiger charge is -2.22. The van der Waals surface area contributed by atoms with Crippen LogP contribution in [0.4, 0.5) is 0 Å². The number of amides is 1. The normalized spacial score (nSPS) is 12.2. The molecule has 0 radical (unpaired) electrons. The van der Waals surface area contributed by atoms with Gasteiger partial charge in [-0.15, -0.1) is 0 Å². The highest BCUT2D eigenvalue weighted by atomic mass is 32.2. The van der Waals surface area contributed by atoms with Gasteiger partial charge in [0.25, 0.3) is 0 Å². The molecule has 0 unspecified atom stereocenters.